The van der Waals surface area contributed by atoms with Crippen LogP contribution in [0.2, 0.25) is 0 Å². The second-order valence-electron chi connectivity index (χ2n) is 12.2. The van der Waals surface area contributed by atoms with Crippen molar-refractivity contribution in [3.63, 3.8) is 0 Å². The number of ether oxygens (including phenoxy) is 1. The minimum absolute atomic E-state index is 0.190. The summed E-state index contributed by atoms with van der Waals surface area (Å²) in [4.78, 5) is 96.3. The van der Waals surface area contributed by atoms with E-state index in [4.69, 9.17) is 4.74 Å². The molecule has 2 saturated heterocycles. The fourth-order valence-electron chi connectivity index (χ4n) is 5.95. The summed E-state index contributed by atoms with van der Waals surface area (Å²) in [6.45, 7) is 0.648. The Morgan fingerprint density at radius 1 is 1.04 bits per heavy atom. The predicted molar refractivity (Wildman–Crippen MR) is 174 cm³/mol. The second-order valence-corrected chi connectivity index (χ2v) is 13.2. The van der Waals surface area contributed by atoms with Crippen LogP contribution in [-0.4, -0.2) is 114 Å². The number of benzene rings is 2. The number of hydrogen-bond donors (Lipinski definition) is 3. The summed E-state index contributed by atoms with van der Waals surface area (Å²) in [7, 11) is 3.14. The minimum Gasteiger partial charge on any atom is -0.459 e. The standard InChI is InChI=1S/C33H38N6O8S/c1-33(21-11-5-4-6-12-21)31(45)39(32(46)36-33)16-26(40)38-15-9-14-25(38)28(42)34-23-17-47-30(44)22-13-8-7-10-20(22)18-48-19-24(35-27(23)41)29(43)37(2)3/h4-8,10-13,23-25H,9,14-19H2,1-3H3,(H,34,42)(H,35,41)(H,36,46)/t23-,24-,25+,33?/m1/s1. The number of imide groups is 1. The summed E-state index contributed by atoms with van der Waals surface area (Å²) in [6, 6.07) is 11.5. The summed E-state index contributed by atoms with van der Waals surface area (Å²) in [5.74, 6) is -3.03. The van der Waals surface area contributed by atoms with E-state index in [0.717, 1.165) is 4.90 Å². The zero-order valence-corrected chi connectivity index (χ0v) is 27.7. The molecule has 0 aliphatic carbocycles. The molecule has 2 aromatic carbocycles. The molecule has 4 atom stereocenters. The highest BCUT2D eigenvalue weighted by atomic mass is 32.2. The Kier molecular flexibility index (Phi) is 10.4. The first-order valence-corrected chi connectivity index (χ1v) is 16.7. The summed E-state index contributed by atoms with van der Waals surface area (Å²) in [5.41, 5.74) is 0.210. The summed E-state index contributed by atoms with van der Waals surface area (Å²) in [5, 5.41) is 7.97. The molecule has 0 aromatic heterocycles. The summed E-state index contributed by atoms with van der Waals surface area (Å²) in [6.07, 6.45) is 0.726. The van der Waals surface area contributed by atoms with Crippen molar-refractivity contribution in [3.8, 4) is 0 Å². The van der Waals surface area contributed by atoms with Crippen molar-refractivity contribution in [2.45, 2.75) is 49.2 Å². The number of amides is 7. The molecule has 7 amide bonds. The van der Waals surface area contributed by atoms with Crippen LogP contribution in [0, 0.1) is 0 Å². The van der Waals surface area contributed by atoms with Crippen molar-refractivity contribution in [2.75, 3.05) is 39.5 Å². The molecule has 5 rings (SSSR count). The lowest BCUT2D eigenvalue weighted by Gasteiger charge is -2.29. The molecule has 48 heavy (non-hydrogen) atoms. The fourth-order valence-corrected chi connectivity index (χ4v) is 7.00. The van der Waals surface area contributed by atoms with E-state index < -0.39 is 72.4 Å². The van der Waals surface area contributed by atoms with Crippen molar-refractivity contribution in [1.82, 2.24) is 30.7 Å². The smallest absolute Gasteiger partial charge is 0.338 e. The lowest BCUT2D eigenvalue weighted by atomic mass is 9.92. The molecule has 1 unspecified atom stereocenters. The first-order valence-electron chi connectivity index (χ1n) is 15.5. The first kappa shape index (κ1) is 34.4. The van der Waals surface area contributed by atoms with Gasteiger partial charge in [0.2, 0.25) is 23.6 Å². The van der Waals surface area contributed by atoms with Crippen molar-refractivity contribution in [3.05, 3.63) is 71.3 Å². The van der Waals surface area contributed by atoms with E-state index in [2.05, 4.69) is 16.0 Å². The predicted octanol–water partition coefficient (Wildman–Crippen LogP) is 0.606. The lowest BCUT2D eigenvalue weighted by Crippen LogP contribution is -2.58. The number of nitrogens with zero attached hydrogens (tertiary/aromatic N) is 3. The number of likely N-dealkylation sites (tertiary alicyclic amines) is 1. The van der Waals surface area contributed by atoms with Crippen LogP contribution in [0.15, 0.2) is 54.6 Å². The van der Waals surface area contributed by atoms with Crippen molar-refractivity contribution in [2.24, 2.45) is 0 Å². The number of cyclic esters (lactones) is 1. The van der Waals surface area contributed by atoms with Gasteiger partial charge in [-0.3, -0.25) is 28.9 Å². The van der Waals surface area contributed by atoms with Gasteiger partial charge >= 0.3 is 12.0 Å². The highest BCUT2D eigenvalue weighted by Crippen LogP contribution is 2.29. The van der Waals surface area contributed by atoms with Gasteiger partial charge in [0.15, 0.2) is 0 Å². The van der Waals surface area contributed by atoms with Crippen molar-refractivity contribution >= 4 is 53.3 Å². The van der Waals surface area contributed by atoms with Crippen LogP contribution in [-0.2, 0) is 40.0 Å². The van der Waals surface area contributed by atoms with Crippen LogP contribution in [0.3, 0.4) is 0 Å². The van der Waals surface area contributed by atoms with Gasteiger partial charge < -0.3 is 30.5 Å². The van der Waals surface area contributed by atoms with Gasteiger partial charge in [-0.05, 0) is 37.0 Å². The van der Waals surface area contributed by atoms with Crippen LogP contribution in [0.5, 0.6) is 0 Å². The fraction of sp³-hybridized carbons (Fsp3) is 0.424. The molecule has 3 heterocycles. The number of nitrogens with one attached hydrogen (secondary N) is 3. The molecule has 3 aliphatic heterocycles. The third-order valence-corrected chi connectivity index (χ3v) is 9.73. The molecule has 2 aromatic rings. The number of esters is 1. The normalized spacial score (nSPS) is 24.8. The zero-order valence-electron chi connectivity index (χ0n) is 26.9. The Bertz CT molecular complexity index is 1620. The van der Waals surface area contributed by atoms with Crippen LogP contribution in [0.1, 0.15) is 41.3 Å². The average molecular weight is 679 g/mol. The molecule has 0 radical (unpaired) electrons. The Balaban J connectivity index is 1.30. The molecule has 2 fully saturated rings. The van der Waals surface area contributed by atoms with Crippen molar-refractivity contribution < 1.29 is 38.3 Å². The van der Waals surface area contributed by atoms with Crippen LogP contribution in [0.25, 0.3) is 0 Å². The van der Waals surface area contributed by atoms with Crippen molar-refractivity contribution in [1.29, 1.82) is 0 Å². The molecule has 3 aliphatic rings. The number of thioether (sulfide) groups is 1. The molecule has 0 spiro atoms. The van der Waals surface area contributed by atoms with E-state index in [1.165, 1.54) is 21.6 Å². The molecule has 14 nitrogen and oxygen atoms in total. The highest BCUT2D eigenvalue weighted by Gasteiger charge is 2.50. The second kappa shape index (κ2) is 14.5. The Hall–Kier alpha value is -4.92. The molecule has 0 saturated carbocycles. The van der Waals surface area contributed by atoms with E-state index >= 15 is 0 Å². The SMILES string of the molecule is CN(C)C(=O)[C@H]1CSCc2ccccc2C(=O)OC[C@@H](NC(=O)[C@@H]2CCCN2C(=O)CN2C(=O)NC(C)(c3ccccc3)C2=O)C(=O)N1. The van der Waals surface area contributed by atoms with E-state index in [-0.39, 0.29) is 24.6 Å². The number of rotatable bonds is 6. The highest BCUT2D eigenvalue weighted by molar-refractivity contribution is 7.98. The number of carbonyl (C=O) groups is 7. The van der Waals surface area contributed by atoms with Gasteiger partial charge in [0.05, 0.1) is 5.56 Å². The van der Waals surface area contributed by atoms with Crippen LogP contribution < -0.4 is 16.0 Å². The first-order chi connectivity index (χ1) is 22.9. The van der Waals surface area contributed by atoms with E-state index in [1.54, 1.807) is 75.6 Å². The van der Waals surface area contributed by atoms with Gasteiger partial charge in [0.25, 0.3) is 5.91 Å². The maximum Gasteiger partial charge on any atom is 0.338 e. The third-order valence-electron chi connectivity index (χ3n) is 8.64. The number of carbonyl (C=O) groups excluding carboxylic acids is 7. The summed E-state index contributed by atoms with van der Waals surface area (Å²) >= 11 is 1.36. The average Bonchev–Trinajstić information content (AvgIpc) is 3.65. The van der Waals surface area contributed by atoms with E-state index in [9.17, 15) is 33.6 Å². The number of likely N-dealkylation sites (N-methyl/N-ethyl adjacent to an activating group) is 1. The number of hydrogen-bond acceptors (Lipinski definition) is 9. The van der Waals surface area contributed by atoms with E-state index in [0.29, 0.717) is 28.9 Å². The van der Waals surface area contributed by atoms with Gasteiger partial charge in [0, 0.05) is 32.1 Å². The molecule has 3 N–H and O–H groups in total. The Labute approximate surface area is 281 Å². The number of urea groups is 1. The molecular formula is C33H38N6O8S. The van der Waals surface area contributed by atoms with Gasteiger partial charge in [-0.2, -0.15) is 11.8 Å². The topological polar surface area (TPSA) is 175 Å². The molecule has 254 valence electrons. The quantitative estimate of drug-likeness (QED) is 0.292. The maximum absolute atomic E-state index is 13.6. The van der Waals surface area contributed by atoms with Gasteiger partial charge in [-0.1, -0.05) is 48.5 Å². The summed E-state index contributed by atoms with van der Waals surface area (Å²) < 4.78 is 5.49. The largest absolute Gasteiger partial charge is 0.459 e. The van der Waals surface area contributed by atoms with Crippen LogP contribution in [0.4, 0.5) is 4.79 Å². The Morgan fingerprint density at radius 2 is 1.75 bits per heavy atom. The van der Waals surface area contributed by atoms with Gasteiger partial charge in [-0.25, -0.2) is 9.59 Å². The van der Waals surface area contributed by atoms with Gasteiger partial charge in [0.1, 0.15) is 36.8 Å². The monoisotopic (exact) mass is 678 g/mol. The molecule has 0 bridgehead atoms. The zero-order chi connectivity index (χ0) is 34.6. The molecular weight excluding hydrogens is 640 g/mol. The maximum atomic E-state index is 13.6. The number of fused-ring (bicyclic) bond motifs is 1. The van der Waals surface area contributed by atoms with Crippen LogP contribution >= 0.6 is 11.8 Å². The Morgan fingerprint density at radius 3 is 2.48 bits per heavy atom. The lowest BCUT2D eigenvalue weighted by molar-refractivity contribution is -0.143. The van der Waals surface area contributed by atoms with E-state index in [1.807, 2.05) is 0 Å². The molecule has 15 heteroatoms. The minimum atomic E-state index is -1.38. The van der Waals surface area contributed by atoms with Gasteiger partial charge in [-0.15, -0.1) is 0 Å². The third kappa shape index (κ3) is 7.15.